The second kappa shape index (κ2) is 5.42. The van der Waals surface area contributed by atoms with Gasteiger partial charge in [-0.3, -0.25) is 0 Å². The fourth-order valence-corrected chi connectivity index (χ4v) is 2.24. The number of hydrogen-bond acceptors (Lipinski definition) is 3. The molecule has 0 amide bonds. The van der Waals surface area contributed by atoms with Crippen LogP contribution in [0.3, 0.4) is 0 Å². The number of nitrogens with two attached hydrogens (primary N) is 1. The van der Waals surface area contributed by atoms with Gasteiger partial charge in [0.15, 0.2) is 0 Å². The third kappa shape index (κ3) is 2.89. The summed E-state index contributed by atoms with van der Waals surface area (Å²) in [4.78, 5) is 0. The zero-order chi connectivity index (χ0) is 11.4. The quantitative estimate of drug-likeness (QED) is 0.855. The second-order valence-corrected chi connectivity index (χ2v) is 4.65. The highest BCUT2D eigenvalue weighted by atomic mass is 32.2. The number of thioether (sulfide) groups is 1. The molecule has 1 unspecified atom stereocenters. The predicted octanol–water partition coefficient (Wildman–Crippen LogP) is 2.67. The Hall–Kier alpha value is -0.670. The van der Waals surface area contributed by atoms with Gasteiger partial charge in [0.2, 0.25) is 0 Å². The van der Waals surface area contributed by atoms with E-state index in [1.165, 1.54) is 11.1 Å². The normalized spacial score (nSPS) is 12.6. The summed E-state index contributed by atoms with van der Waals surface area (Å²) in [5, 5.41) is 0. The molecule has 0 radical (unpaired) electrons. The van der Waals surface area contributed by atoms with Gasteiger partial charge in [-0.15, -0.1) is 0 Å². The van der Waals surface area contributed by atoms with Crippen molar-refractivity contribution < 1.29 is 4.74 Å². The second-order valence-electron chi connectivity index (χ2n) is 3.74. The molecule has 1 aromatic carbocycles. The lowest BCUT2D eigenvalue weighted by Gasteiger charge is -2.16. The standard InChI is InChI=1S/C12H19NOS/c1-8-6-12(14-3)9(2)5-10(8)11(13)7-15-4/h5-6,11H,7,13H2,1-4H3. The number of aryl methyl sites for hydroxylation is 2. The number of methoxy groups -OCH3 is 1. The predicted molar refractivity (Wildman–Crippen MR) is 67.8 cm³/mol. The van der Waals surface area contributed by atoms with Crippen LogP contribution in [0.2, 0.25) is 0 Å². The Morgan fingerprint density at radius 3 is 2.53 bits per heavy atom. The van der Waals surface area contributed by atoms with Crippen LogP contribution in [0.1, 0.15) is 22.7 Å². The van der Waals surface area contributed by atoms with Crippen LogP contribution < -0.4 is 10.5 Å². The van der Waals surface area contributed by atoms with Crippen LogP contribution in [0, 0.1) is 13.8 Å². The number of benzene rings is 1. The summed E-state index contributed by atoms with van der Waals surface area (Å²) in [5.74, 6) is 1.89. The first-order valence-electron chi connectivity index (χ1n) is 4.99. The highest BCUT2D eigenvalue weighted by Gasteiger charge is 2.11. The Kier molecular flexibility index (Phi) is 4.48. The van der Waals surface area contributed by atoms with Gasteiger partial charge < -0.3 is 10.5 Å². The van der Waals surface area contributed by atoms with Crippen molar-refractivity contribution in [1.82, 2.24) is 0 Å². The molecule has 0 aliphatic heterocycles. The fraction of sp³-hybridized carbons (Fsp3) is 0.500. The number of ether oxygens (including phenoxy) is 1. The van der Waals surface area contributed by atoms with Crippen molar-refractivity contribution in [1.29, 1.82) is 0 Å². The maximum Gasteiger partial charge on any atom is 0.122 e. The summed E-state index contributed by atoms with van der Waals surface area (Å²) in [6.45, 7) is 4.13. The van der Waals surface area contributed by atoms with Crippen LogP contribution >= 0.6 is 11.8 Å². The van der Waals surface area contributed by atoms with Crippen molar-refractivity contribution in [3.05, 3.63) is 28.8 Å². The third-order valence-corrected chi connectivity index (χ3v) is 3.22. The summed E-state index contributed by atoms with van der Waals surface area (Å²) in [6, 6.07) is 4.31. The van der Waals surface area contributed by atoms with Gasteiger partial charge in [0.25, 0.3) is 0 Å². The van der Waals surface area contributed by atoms with Gasteiger partial charge in [-0.25, -0.2) is 0 Å². The molecule has 0 saturated carbocycles. The molecule has 1 aromatic rings. The van der Waals surface area contributed by atoms with Gasteiger partial charge >= 0.3 is 0 Å². The molecule has 2 N–H and O–H groups in total. The molecule has 84 valence electrons. The maximum absolute atomic E-state index is 6.11. The topological polar surface area (TPSA) is 35.2 Å². The monoisotopic (exact) mass is 225 g/mol. The molecule has 15 heavy (non-hydrogen) atoms. The van der Waals surface area contributed by atoms with Crippen LogP contribution in [0.4, 0.5) is 0 Å². The first-order valence-corrected chi connectivity index (χ1v) is 6.39. The van der Waals surface area contributed by atoms with E-state index in [1.54, 1.807) is 18.9 Å². The molecule has 1 atom stereocenters. The highest BCUT2D eigenvalue weighted by molar-refractivity contribution is 7.98. The van der Waals surface area contributed by atoms with E-state index >= 15 is 0 Å². The molecular weight excluding hydrogens is 206 g/mol. The van der Waals surface area contributed by atoms with E-state index < -0.39 is 0 Å². The fourth-order valence-electron chi connectivity index (χ4n) is 1.70. The SMILES string of the molecule is COc1cc(C)c(C(N)CSC)cc1C. The van der Waals surface area contributed by atoms with Crippen LogP contribution in [0.25, 0.3) is 0 Å². The van der Waals surface area contributed by atoms with E-state index in [0.717, 1.165) is 17.1 Å². The van der Waals surface area contributed by atoms with Gasteiger partial charge in [0.05, 0.1) is 7.11 Å². The molecule has 0 aliphatic carbocycles. The number of hydrogen-bond donors (Lipinski definition) is 1. The van der Waals surface area contributed by atoms with Crippen molar-refractivity contribution in [3.8, 4) is 5.75 Å². The summed E-state index contributed by atoms with van der Waals surface area (Å²) >= 11 is 1.77. The smallest absolute Gasteiger partial charge is 0.122 e. The first kappa shape index (κ1) is 12.4. The van der Waals surface area contributed by atoms with Crippen LogP contribution in [0.5, 0.6) is 5.75 Å². The van der Waals surface area contributed by atoms with Gasteiger partial charge in [-0.05, 0) is 42.9 Å². The Bertz CT molecular complexity index is 339. The van der Waals surface area contributed by atoms with E-state index in [2.05, 4.69) is 25.3 Å². The molecule has 0 bridgehead atoms. The number of rotatable bonds is 4. The van der Waals surface area contributed by atoms with E-state index in [1.807, 2.05) is 6.92 Å². The van der Waals surface area contributed by atoms with Gasteiger partial charge in [0.1, 0.15) is 5.75 Å². The largest absolute Gasteiger partial charge is 0.496 e. The van der Waals surface area contributed by atoms with Gasteiger partial charge in [0, 0.05) is 11.8 Å². The van der Waals surface area contributed by atoms with E-state index in [-0.39, 0.29) is 6.04 Å². The van der Waals surface area contributed by atoms with Crippen molar-refractivity contribution in [2.24, 2.45) is 5.73 Å². The molecular formula is C12H19NOS. The summed E-state index contributed by atoms with van der Waals surface area (Å²) in [6.07, 6.45) is 2.07. The van der Waals surface area contributed by atoms with E-state index in [9.17, 15) is 0 Å². The Morgan fingerprint density at radius 2 is 2.00 bits per heavy atom. The van der Waals surface area contributed by atoms with E-state index in [0.29, 0.717) is 0 Å². The molecule has 0 heterocycles. The van der Waals surface area contributed by atoms with Crippen LogP contribution in [-0.2, 0) is 0 Å². The lowest BCUT2D eigenvalue weighted by atomic mass is 10.00. The minimum Gasteiger partial charge on any atom is -0.496 e. The molecule has 1 rings (SSSR count). The molecule has 0 aromatic heterocycles. The average molecular weight is 225 g/mol. The van der Waals surface area contributed by atoms with Crippen LogP contribution in [0.15, 0.2) is 12.1 Å². The summed E-state index contributed by atoms with van der Waals surface area (Å²) in [7, 11) is 1.70. The van der Waals surface area contributed by atoms with Gasteiger partial charge in [-0.1, -0.05) is 6.07 Å². The Labute approximate surface area is 96.2 Å². The molecule has 0 saturated heterocycles. The minimum absolute atomic E-state index is 0.115. The van der Waals surface area contributed by atoms with Crippen LogP contribution in [-0.4, -0.2) is 19.1 Å². The Morgan fingerprint density at radius 1 is 1.33 bits per heavy atom. The van der Waals surface area contributed by atoms with Crippen molar-refractivity contribution in [2.45, 2.75) is 19.9 Å². The summed E-state index contributed by atoms with van der Waals surface area (Å²) in [5.41, 5.74) is 9.69. The molecule has 0 spiro atoms. The third-order valence-electron chi connectivity index (χ3n) is 2.53. The lowest BCUT2D eigenvalue weighted by molar-refractivity contribution is 0.411. The minimum atomic E-state index is 0.115. The Balaban J connectivity index is 3.04. The van der Waals surface area contributed by atoms with Crippen molar-refractivity contribution >= 4 is 11.8 Å². The first-order chi connectivity index (χ1) is 7.10. The zero-order valence-electron chi connectivity index (χ0n) is 9.83. The molecule has 0 fully saturated rings. The lowest BCUT2D eigenvalue weighted by Crippen LogP contribution is -2.14. The molecule has 2 nitrogen and oxygen atoms in total. The van der Waals surface area contributed by atoms with Gasteiger partial charge in [-0.2, -0.15) is 11.8 Å². The van der Waals surface area contributed by atoms with E-state index in [4.69, 9.17) is 10.5 Å². The zero-order valence-corrected chi connectivity index (χ0v) is 10.6. The summed E-state index contributed by atoms with van der Waals surface area (Å²) < 4.78 is 5.27. The average Bonchev–Trinajstić information content (AvgIpc) is 2.21. The van der Waals surface area contributed by atoms with Crippen molar-refractivity contribution in [3.63, 3.8) is 0 Å². The maximum atomic E-state index is 6.11. The highest BCUT2D eigenvalue weighted by Crippen LogP contribution is 2.26. The van der Waals surface area contributed by atoms with Crippen molar-refractivity contribution in [2.75, 3.05) is 19.1 Å². The molecule has 0 aliphatic rings. The molecule has 3 heteroatoms.